The van der Waals surface area contributed by atoms with E-state index in [9.17, 15) is 15.0 Å². The van der Waals surface area contributed by atoms with Crippen molar-refractivity contribution in [3.63, 3.8) is 0 Å². The summed E-state index contributed by atoms with van der Waals surface area (Å²) in [7, 11) is 1.55. The smallest absolute Gasteiger partial charge is 0.185 e. The van der Waals surface area contributed by atoms with Crippen molar-refractivity contribution >= 4 is 11.9 Å². The lowest BCUT2D eigenvalue weighted by Gasteiger charge is -2.16. The lowest BCUT2D eigenvalue weighted by atomic mass is 9.97. The highest BCUT2D eigenvalue weighted by molar-refractivity contribution is 6.07. The second-order valence-corrected chi connectivity index (χ2v) is 6.28. The van der Waals surface area contributed by atoms with Crippen LogP contribution in [0.2, 0.25) is 0 Å². The number of methoxy groups -OCH3 is 1. The van der Waals surface area contributed by atoms with E-state index in [-0.39, 0.29) is 17.3 Å². The minimum absolute atomic E-state index is 0.114. The van der Waals surface area contributed by atoms with Gasteiger partial charge in [0.15, 0.2) is 5.78 Å². The molecule has 0 spiro atoms. The van der Waals surface area contributed by atoms with Gasteiger partial charge in [0.05, 0.1) is 7.11 Å². The molecule has 0 amide bonds. The van der Waals surface area contributed by atoms with Gasteiger partial charge in [-0.3, -0.25) is 4.79 Å². The standard InChI is InChI=1S/C24H26O4/c1-4-6-8-18-16-19(24(28-3)21(23(18)27)9-7-5-2)12-15-22(26)17-10-13-20(25)14-11-17/h4-7,10-16,25,27H,8-9H2,1-3H3/b6-4+,7-5+,15-12+. The molecule has 2 aromatic carbocycles. The van der Waals surface area contributed by atoms with Crippen LogP contribution < -0.4 is 4.74 Å². The molecule has 2 N–H and O–H groups in total. The third-order valence-electron chi connectivity index (χ3n) is 4.36. The third-order valence-corrected chi connectivity index (χ3v) is 4.36. The summed E-state index contributed by atoms with van der Waals surface area (Å²) in [4.78, 5) is 12.4. The molecular weight excluding hydrogens is 352 g/mol. The normalized spacial score (nSPS) is 11.7. The van der Waals surface area contributed by atoms with Gasteiger partial charge < -0.3 is 14.9 Å². The minimum atomic E-state index is -0.180. The van der Waals surface area contributed by atoms with Crippen molar-refractivity contribution in [2.45, 2.75) is 26.7 Å². The molecule has 0 atom stereocenters. The van der Waals surface area contributed by atoms with E-state index in [1.165, 1.54) is 18.2 Å². The Morgan fingerprint density at radius 3 is 2.29 bits per heavy atom. The molecule has 4 nitrogen and oxygen atoms in total. The van der Waals surface area contributed by atoms with Crippen LogP contribution in [0.4, 0.5) is 0 Å². The first-order chi connectivity index (χ1) is 13.5. The van der Waals surface area contributed by atoms with Crippen molar-refractivity contribution in [2.75, 3.05) is 7.11 Å². The number of rotatable bonds is 8. The average Bonchev–Trinajstić information content (AvgIpc) is 2.70. The summed E-state index contributed by atoms with van der Waals surface area (Å²) in [6, 6.07) is 7.95. The fourth-order valence-electron chi connectivity index (χ4n) is 2.87. The van der Waals surface area contributed by atoms with Crippen LogP contribution in [0.3, 0.4) is 0 Å². The molecule has 0 unspecified atom stereocenters. The number of carbonyl (C=O) groups excluding carboxylic acids is 1. The molecule has 2 aromatic rings. The molecule has 0 bridgehead atoms. The quantitative estimate of drug-likeness (QED) is 0.374. The zero-order chi connectivity index (χ0) is 20.5. The van der Waals surface area contributed by atoms with Crippen molar-refractivity contribution in [3.8, 4) is 17.2 Å². The van der Waals surface area contributed by atoms with E-state index in [1.807, 2.05) is 44.2 Å². The van der Waals surface area contributed by atoms with Gasteiger partial charge in [-0.1, -0.05) is 24.3 Å². The molecular formula is C24H26O4. The van der Waals surface area contributed by atoms with Gasteiger partial charge in [-0.25, -0.2) is 0 Å². The van der Waals surface area contributed by atoms with Gasteiger partial charge >= 0.3 is 0 Å². The third kappa shape index (κ3) is 5.13. The van der Waals surface area contributed by atoms with E-state index in [2.05, 4.69) is 0 Å². The maximum Gasteiger partial charge on any atom is 0.185 e. The number of hydrogen-bond acceptors (Lipinski definition) is 4. The number of carbonyl (C=O) groups is 1. The molecule has 0 aliphatic carbocycles. The number of phenolic OH excluding ortho intramolecular Hbond substituents is 2. The summed E-state index contributed by atoms with van der Waals surface area (Å²) in [5.41, 5.74) is 2.68. The lowest BCUT2D eigenvalue weighted by Crippen LogP contribution is -1.99. The van der Waals surface area contributed by atoms with Gasteiger partial charge in [0, 0.05) is 16.7 Å². The van der Waals surface area contributed by atoms with E-state index < -0.39 is 0 Å². The Morgan fingerprint density at radius 2 is 1.68 bits per heavy atom. The summed E-state index contributed by atoms with van der Waals surface area (Å²) >= 11 is 0. The monoisotopic (exact) mass is 378 g/mol. The van der Waals surface area contributed by atoms with E-state index in [1.54, 1.807) is 25.3 Å². The molecule has 0 heterocycles. The Bertz CT molecular complexity index is 903. The van der Waals surface area contributed by atoms with Gasteiger partial charge in [0.25, 0.3) is 0 Å². The van der Waals surface area contributed by atoms with Crippen LogP contribution >= 0.6 is 0 Å². The van der Waals surface area contributed by atoms with Crippen molar-refractivity contribution in [1.82, 2.24) is 0 Å². The summed E-state index contributed by atoms with van der Waals surface area (Å²) in [5, 5.41) is 20.1. The van der Waals surface area contributed by atoms with Crippen LogP contribution in [-0.2, 0) is 12.8 Å². The highest BCUT2D eigenvalue weighted by atomic mass is 16.5. The van der Waals surface area contributed by atoms with E-state index in [0.717, 1.165) is 11.1 Å². The average molecular weight is 378 g/mol. The maximum absolute atomic E-state index is 12.4. The van der Waals surface area contributed by atoms with E-state index >= 15 is 0 Å². The summed E-state index contributed by atoms with van der Waals surface area (Å²) in [6.45, 7) is 3.85. The molecule has 146 valence electrons. The number of benzene rings is 2. The van der Waals surface area contributed by atoms with Crippen molar-refractivity contribution in [3.05, 3.63) is 83.0 Å². The van der Waals surface area contributed by atoms with E-state index in [0.29, 0.717) is 29.7 Å². The van der Waals surface area contributed by atoms with Gasteiger partial charge in [0.1, 0.15) is 17.2 Å². The molecule has 28 heavy (non-hydrogen) atoms. The van der Waals surface area contributed by atoms with Crippen LogP contribution in [0, 0.1) is 0 Å². The van der Waals surface area contributed by atoms with Crippen molar-refractivity contribution in [2.24, 2.45) is 0 Å². The number of allylic oxidation sites excluding steroid dienone is 5. The number of ketones is 1. The van der Waals surface area contributed by atoms with E-state index in [4.69, 9.17) is 4.74 Å². The SMILES string of the molecule is C/C=C/Cc1cc(/C=C/C(=O)c2ccc(O)cc2)c(OC)c(C/C=C/C)c1O. The van der Waals surface area contributed by atoms with Gasteiger partial charge in [-0.2, -0.15) is 0 Å². The number of hydrogen-bond donors (Lipinski definition) is 2. The number of aromatic hydroxyl groups is 2. The Labute approximate surface area is 166 Å². The van der Waals surface area contributed by atoms with Crippen LogP contribution in [0.1, 0.15) is 40.9 Å². The first kappa shape index (κ1) is 21.0. The van der Waals surface area contributed by atoms with Crippen LogP contribution in [-0.4, -0.2) is 23.1 Å². The largest absolute Gasteiger partial charge is 0.508 e. The molecule has 0 radical (unpaired) electrons. The van der Waals surface area contributed by atoms with Crippen LogP contribution in [0.15, 0.2) is 60.7 Å². The molecule has 0 aliphatic heterocycles. The molecule has 2 rings (SSSR count). The van der Waals surface area contributed by atoms with Crippen molar-refractivity contribution in [1.29, 1.82) is 0 Å². The summed E-state index contributed by atoms with van der Waals surface area (Å²) in [6.07, 6.45) is 12.1. The first-order valence-corrected chi connectivity index (χ1v) is 9.17. The highest BCUT2D eigenvalue weighted by Crippen LogP contribution is 2.37. The summed E-state index contributed by atoms with van der Waals surface area (Å²) in [5.74, 6) is 0.702. The Hall–Kier alpha value is -3.27. The zero-order valence-electron chi connectivity index (χ0n) is 16.5. The topological polar surface area (TPSA) is 66.8 Å². The summed E-state index contributed by atoms with van der Waals surface area (Å²) < 4.78 is 5.56. The minimum Gasteiger partial charge on any atom is -0.508 e. The zero-order valence-corrected chi connectivity index (χ0v) is 16.5. The van der Waals surface area contributed by atoms with Gasteiger partial charge in [0.2, 0.25) is 0 Å². The maximum atomic E-state index is 12.4. The predicted octanol–water partition coefficient (Wildman–Crippen LogP) is 5.24. The van der Waals surface area contributed by atoms with Crippen LogP contribution in [0.5, 0.6) is 17.2 Å². The fraction of sp³-hybridized carbons (Fsp3) is 0.208. The second kappa shape index (κ2) is 10.2. The molecule has 0 saturated carbocycles. The Balaban J connectivity index is 2.47. The molecule has 0 saturated heterocycles. The molecule has 0 aromatic heterocycles. The fourth-order valence-corrected chi connectivity index (χ4v) is 2.87. The lowest BCUT2D eigenvalue weighted by molar-refractivity contribution is 0.104. The first-order valence-electron chi connectivity index (χ1n) is 9.17. The molecule has 4 heteroatoms. The molecule has 0 fully saturated rings. The van der Waals surface area contributed by atoms with Crippen LogP contribution in [0.25, 0.3) is 6.08 Å². The Morgan fingerprint density at radius 1 is 1.04 bits per heavy atom. The number of phenols is 2. The van der Waals surface area contributed by atoms with Gasteiger partial charge in [-0.15, -0.1) is 0 Å². The Kier molecular flexibility index (Phi) is 7.64. The number of ether oxygens (including phenoxy) is 1. The molecule has 0 aliphatic rings. The highest BCUT2D eigenvalue weighted by Gasteiger charge is 2.16. The second-order valence-electron chi connectivity index (χ2n) is 6.28. The predicted molar refractivity (Wildman–Crippen MR) is 113 cm³/mol. The van der Waals surface area contributed by atoms with Crippen molar-refractivity contribution < 1.29 is 19.7 Å². The van der Waals surface area contributed by atoms with Gasteiger partial charge in [-0.05, 0) is 74.7 Å².